The maximum absolute atomic E-state index is 13.2. The lowest BCUT2D eigenvalue weighted by atomic mass is 10.00. The van der Waals surface area contributed by atoms with Gasteiger partial charge in [-0.3, -0.25) is 9.59 Å². The quantitative estimate of drug-likeness (QED) is 0.329. The predicted molar refractivity (Wildman–Crippen MR) is 137 cm³/mol. The van der Waals surface area contributed by atoms with E-state index >= 15 is 0 Å². The number of aryl methyl sites for hydroxylation is 1. The van der Waals surface area contributed by atoms with E-state index in [4.69, 9.17) is 19.8 Å². The molecule has 0 aliphatic carbocycles. The second-order valence-corrected chi connectivity index (χ2v) is 8.89. The third-order valence-electron chi connectivity index (χ3n) is 6.36. The number of para-hydroxylation sites is 1. The van der Waals surface area contributed by atoms with E-state index in [1.54, 1.807) is 12.1 Å². The van der Waals surface area contributed by atoms with Gasteiger partial charge in [0.15, 0.2) is 0 Å². The fraction of sp³-hybridized carbons (Fsp3) is 0.241. The fourth-order valence-electron chi connectivity index (χ4n) is 4.54. The van der Waals surface area contributed by atoms with Crippen molar-refractivity contribution < 1.29 is 19.4 Å². The van der Waals surface area contributed by atoms with Gasteiger partial charge in [-0.2, -0.15) is 0 Å². The first-order valence-electron chi connectivity index (χ1n) is 12.2. The van der Waals surface area contributed by atoms with Crippen LogP contribution >= 0.6 is 0 Å². The number of benzene rings is 3. The number of carboxylic acids is 1. The number of fused-ring (bicyclic) bond motifs is 2. The molecule has 36 heavy (non-hydrogen) atoms. The minimum absolute atomic E-state index is 0.116. The molecule has 0 bridgehead atoms. The molecule has 1 aliphatic rings. The number of rotatable bonds is 8. The molecular formula is C29H27N3O4. The summed E-state index contributed by atoms with van der Waals surface area (Å²) in [6.45, 7) is 0.554. The van der Waals surface area contributed by atoms with Gasteiger partial charge in [-0.15, -0.1) is 0 Å². The van der Waals surface area contributed by atoms with Crippen LogP contribution in [0.4, 0.5) is 0 Å². The number of amides is 1. The first kappa shape index (κ1) is 23.5. The Balaban J connectivity index is 1.42. The number of aliphatic carboxylic acids is 1. The van der Waals surface area contributed by atoms with Crippen LogP contribution in [0.15, 0.2) is 72.8 Å². The number of carboxylic acid groups (broad SMARTS) is 1. The molecular weight excluding hydrogens is 454 g/mol. The molecule has 1 aliphatic heterocycles. The van der Waals surface area contributed by atoms with Crippen LogP contribution in [-0.2, 0) is 11.2 Å². The lowest BCUT2D eigenvalue weighted by molar-refractivity contribution is -0.137. The molecule has 0 radical (unpaired) electrons. The van der Waals surface area contributed by atoms with Crippen molar-refractivity contribution >= 4 is 22.9 Å². The Morgan fingerprint density at radius 2 is 1.75 bits per heavy atom. The average Bonchev–Trinajstić information content (AvgIpc) is 2.91. The molecule has 2 heterocycles. The zero-order valence-corrected chi connectivity index (χ0v) is 19.8. The molecule has 7 nitrogen and oxygen atoms in total. The summed E-state index contributed by atoms with van der Waals surface area (Å²) in [5.74, 6) is -0.166. The number of carbonyl (C=O) groups excluding carboxylic acids is 1. The minimum Gasteiger partial charge on any atom is -0.493 e. The highest BCUT2D eigenvalue weighted by molar-refractivity contribution is 5.97. The zero-order valence-electron chi connectivity index (χ0n) is 19.8. The summed E-state index contributed by atoms with van der Waals surface area (Å²) in [4.78, 5) is 33.8. The van der Waals surface area contributed by atoms with Crippen molar-refractivity contribution in [3.8, 4) is 17.0 Å². The number of ether oxygens (including phenoxy) is 1. The van der Waals surface area contributed by atoms with Gasteiger partial charge < -0.3 is 15.2 Å². The first-order chi connectivity index (χ1) is 17.6. The average molecular weight is 482 g/mol. The number of hydrogen-bond donors (Lipinski definition) is 2. The van der Waals surface area contributed by atoms with Crippen molar-refractivity contribution in [1.29, 1.82) is 0 Å². The topological polar surface area (TPSA) is 101 Å². The number of carbonyl (C=O) groups is 2. The highest BCUT2D eigenvalue weighted by atomic mass is 16.5. The summed E-state index contributed by atoms with van der Waals surface area (Å²) in [6.07, 6.45) is 2.70. The Bertz CT molecular complexity index is 1400. The summed E-state index contributed by atoms with van der Waals surface area (Å²) < 4.78 is 5.71. The minimum atomic E-state index is -0.800. The van der Waals surface area contributed by atoms with E-state index < -0.39 is 5.97 Å². The van der Waals surface area contributed by atoms with Gasteiger partial charge in [-0.25, -0.2) is 9.97 Å². The molecule has 0 fully saturated rings. The number of nitrogens with one attached hydrogen (secondary N) is 1. The monoisotopic (exact) mass is 481 g/mol. The number of nitrogens with zero attached hydrogens (tertiary/aromatic N) is 2. The van der Waals surface area contributed by atoms with E-state index in [9.17, 15) is 9.59 Å². The summed E-state index contributed by atoms with van der Waals surface area (Å²) in [7, 11) is 0. The molecule has 0 saturated carbocycles. The zero-order chi connectivity index (χ0) is 24.9. The Hall–Kier alpha value is -4.26. The molecule has 5 rings (SSSR count). The van der Waals surface area contributed by atoms with E-state index in [0.717, 1.165) is 28.3 Å². The Morgan fingerprint density at radius 1 is 0.944 bits per heavy atom. The van der Waals surface area contributed by atoms with Gasteiger partial charge in [0.2, 0.25) is 0 Å². The maximum Gasteiger partial charge on any atom is 0.303 e. The van der Waals surface area contributed by atoms with Gasteiger partial charge in [0.05, 0.1) is 35.1 Å². The van der Waals surface area contributed by atoms with Crippen LogP contribution in [0.1, 0.15) is 53.3 Å². The molecule has 2 N–H and O–H groups in total. The van der Waals surface area contributed by atoms with Gasteiger partial charge in [0, 0.05) is 29.5 Å². The van der Waals surface area contributed by atoms with Crippen LogP contribution in [0.2, 0.25) is 0 Å². The van der Waals surface area contributed by atoms with Crippen LogP contribution in [0.3, 0.4) is 0 Å². The van der Waals surface area contributed by atoms with Gasteiger partial charge in [-0.1, -0.05) is 48.5 Å². The largest absolute Gasteiger partial charge is 0.493 e. The summed E-state index contributed by atoms with van der Waals surface area (Å²) in [5.41, 5.74) is 5.39. The number of aromatic nitrogens is 2. The molecule has 0 saturated heterocycles. The summed E-state index contributed by atoms with van der Waals surface area (Å²) in [6, 6.07) is 22.9. The summed E-state index contributed by atoms with van der Waals surface area (Å²) >= 11 is 0. The van der Waals surface area contributed by atoms with Gasteiger partial charge in [0.25, 0.3) is 5.91 Å². The van der Waals surface area contributed by atoms with Crippen molar-refractivity contribution in [2.75, 3.05) is 6.61 Å². The second kappa shape index (κ2) is 10.6. The van der Waals surface area contributed by atoms with E-state index in [2.05, 4.69) is 5.32 Å². The molecule has 4 aromatic rings. The molecule has 7 heteroatoms. The molecule has 1 amide bonds. The highest BCUT2D eigenvalue weighted by Gasteiger charge is 2.23. The molecule has 3 aromatic carbocycles. The first-order valence-corrected chi connectivity index (χ1v) is 12.2. The smallest absolute Gasteiger partial charge is 0.303 e. The molecule has 1 aromatic heterocycles. The molecule has 182 valence electrons. The molecule has 1 atom stereocenters. The van der Waals surface area contributed by atoms with Gasteiger partial charge in [-0.05, 0) is 43.5 Å². The fourth-order valence-corrected chi connectivity index (χ4v) is 4.54. The lowest BCUT2D eigenvalue weighted by Gasteiger charge is -2.26. The Morgan fingerprint density at radius 3 is 2.58 bits per heavy atom. The van der Waals surface area contributed by atoms with Crippen LogP contribution in [0.25, 0.3) is 22.3 Å². The van der Waals surface area contributed by atoms with E-state index in [1.807, 2.05) is 60.7 Å². The number of hydrogen-bond acceptors (Lipinski definition) is 5. The van der Waals surface area contributed by atoms with Crippen molar-refractivity contribution in [2.24, 2.45) is 0 Å². The van der Waals surface area contributed by atoms with Crippen LogP contribution in [0.5, 0.6) is 5.75 Å². The number of unbranched alkanes of at least 4 members (excludes halogenated alkanes) is 1. The molecule has 0 spiro atoms. The Labute approximate surface area is 209 Å². The SMILES string of the molecule is O=C(O)CCCCc1nc2cc(C(=O)N[C@H]3CCOc4ccccc43)ccc2nc1-c1ccccc1. The lowest BCUT2D eigenvalue weighted by Crippen LogP contribution is -2.32. The van der Waals surface area contributed by atoms with E-state index in [-0.39, 0.29) is 18.4 Å². The predicted octanol–water partition coefficient (Wildman–Crippen LogP) is 5.35. The van der Waals surface area contributed by atoms with E-state index in [1.165, 1.54) is 0 Å². The van der Waals surface area contributed by atoms with Crippen LogP contribution in [-0.4, -0.2) is 33.6 Å². The summed E-state index contributed by atoms with van der Waals surface area (Å²) in [5, 5.41) is 12.1. The van der Waals surface area contributed by atoms with Gasteiger partial charge >= 0.3 is 5.97 Å². The highest BCUT2D eigenvalue weighted by Crippen LogP contribution is 2.32. The van der Waals surface area contributed by atoms with Crippen molar-refractivity contribution in [1.82, 2.24) is 15.3 Å². The van der Waals surface area contributed by atoms with E-state index in [0.29, 0.717) is 48.9 Å². The van der Waals surface area contributed by atoms with Crippen LogP contribution in [0, 0.1) is 0 Å². The Kier molecular flexibility index (Phi) is 6.89. The standard InChI is InChI=1S/C29H27N3O4/c33-27(34)13-7-5-11-24-28(19-8-2-1-3-9-19)31-23-15-14-20(18-25(23)30-24)29(35)32-22-16-17-36-26-12-6-4-10-21(22)26/h1-4,6,8-10,12,14-15,18,22H,5,7,11,13,16-17H2,(H,32,35)(H,33,34)/t22-/m0/s1. The third-order valence-corrected chi connectivity index (χ3v) is 6.36. The second-order valence-electron chi connectivity index (χ2n) is 8.89. The van der Waals surface area contributed by atoms with Crippen molar-refractivity contribution in [3.63, 3.8) is 0 Å². The van der Waals surface area contributed by atoms with Crippen LogP contribution < -0.4 is 10.1 Å². The van der Waals surface area contributed by atoms with Gasteiger partial charge in [0.1, 0.15) is 5.75 Å². The normalized spacial score (nSPS) is 14.6. The maximum atomic E-state index is 13.2. The third kappa shape index (κ3) is 5.20. The molecule has 0 unspecified atom stereocenters. The van der Waals surface area contributed by atoms with Crippen molar-refractivity contribution in [3.05, 3.63) is 89.6 Å². The van der Waals surface area contributed by atoms with Crippen molar-refractivity contribution in [2.45, 2.75) is 38.1 Å².